The molecule has 8 aliphatic carbocycles. The lowest BCUT2D eigenvalue weighted by Crippen LogP contribution is -2.61. The first kappa shape index (κ1) is 58.0. The average molecular weight is 1010 g/mol. The molecule has 1 N–H and O–H groups in total. The Labute approximate surface area is 432 Å². The van der Waals surface area contributed by atoms with E-state index in [0.717, 1.165) is 81.0 Å². The van der Waals surface area contributed by atoms with Crippen molar-refractivity contribution in [3.05, 3.63) is 0 Å². The predicted molar refractivity (Wildman–Crippen MR) is 273 cm³/mol. The van der Waals surface area contributed by atoms with Gasteiger partial charge >= 0.3 is 35.8 Å². The van der Waals surface area contributed by atoms with Crippen LogP contribution in [0.25, 0.3) is 0 Å². The molecule has 10 fully saturated rings. The highest BCUT2D eigenvalue weighted by molar-refractivity contribution is 5.87. The molecule has 0 radical (unpaired) electrons. The van der Waals surface area contributed by atoms with E-state index in [0.29, 0.717) is 56.5 Å². The molecule has 410 valence electrons. The van der Waals surface area contributed by atoms with Crippen LogP contribution >= 0.6 is 0 Å². The maximum absolute atomic E-state index is 12.7. The molecule has 0 aromatic carbocycles. The molecule has 13 nitrogen and oxygen atoms in total. The second kappa shape index (κ2) is 20.7. The topological polar surface area (TPSA) is 178 Å². The van der Waals surface area contributed by atoms with Gasteiger partial charge in [-0.15, -0.1) is 0 Å². The number of carbonyl (C=O) groups excluding carboxylic acids is 6. The molecule has 11 atom stereocenters. The molecule has 0 amide bonds. The lowest BCUT2D eigenvalue weighted by atomic mass is 9.52. The Morgan fingerprint density at radius 2 is 1.10 bits per heavy atom. The van der Waals surface area contributed by atoms with Crippen molar-refractivity contribution in [2.45, 2.75) is 260 Å². The molecule has 2 aliphatic heterocycles. The van der Waals surface area contributed by atoms with E-state index < -0.39 is 51.1 Å². The molecule has 13 heteroatoms. The van der Waals surface area contributed by atoms with Crippen LogP contribution in [0.15, 0.2) is 0 Å². The highest BCUT2D eigenvalue weighted by Gasteiger charge is 2.68. The molecule has 11 unspecified atom stereocenters. The first-order chi connectivity index (χ1) is 33.2. The zero-order valence-corrected chi connectivity index (χ0v) is 47.5. The van der Waals surface area contributed by atoms with Crippen molar-refractivity contribution in [2.75, 3.05) is 6.61 Å². The highest BCUT2D eigenvalue weighted by atomic mass is 16.6. The standard InChI is InChI=1S/C20H32O2.C16H26O3.C13H22O4.C10H16O4/c1-5-19(3,4)18(21)22-20(6-2)11-14-10-15(20)17-13-8-7-12(9-13)16(14)17;1-4-14(2,3)13(17)19-16-8-11-5-12(9-16)7-15(18,6-11)10-16;1-7-11(2,3)9(14)17-13(6)8-12(4,5)16-10(13)15;1-4-10(2,3)9(12)14-7-5-6-13-8(7)11/h12-17H,5-11H2,1-4H3;11-12,18H,4-10H2,1-3H3;7-8H2,1-6H3;7H,4-6H2,1-3H3. The second-order valence-electron chi connectivity index (χ2n) is 27.6. The van der Waals surface area contributed by atoms with Crippen molar-refractivity contribution in [2.24, 2.45) is 69.0 Å². The van der Waals surface area contributed by atoms with Gasteiger partial charge in [0.15, 0.2) is 0 Å². The number of cyclic esters (lactones) is 2. The van der Waals surface area contributed by atoms with E-state index >= 15 is 0 Å². The van der Waals surface area contributed by atoms with Crippen LogP contribution in [0, 0.1) is 69.0 Å². The van der Waals surface area contributed by atoms with Crippen LogP contribution in [0.2, 0.25) is 0 Å². The Kier molecular flexibility index (Phi) is 16.7. The van der Waals surface area contributed by atoms with Gasteiger partial charge in [-0.1, -0.05) is 34.6 Å². The number of carbonyl (C=O) groups is 6. The Hall–Kier alpha value is -3.22. The normalized spacial score (nSPS) is 37.4. The summed E-state index contributed by atoms with van der Waals surface area (Å²) in [7, 11) is 0. The van der Waals surface area contributed by atoms with E-state index in [-0.39, 0.29) is 40.5 Å². The van der Waals surface area contributed by atoms with Crippen LogP contribution in [0.1, 0.15) is 226 Å². The molecule has 2 heterocycles. The molecule has 0 spiro atoms. The van der Waals surface area contributed by atoms with Gasteiger partial charge in [-0.25, -0.2) is 9.59 Å². The van der Waals surface area contributed by atoms with Gasteiger partial charge in [0.05, 0.1) is 33.9 Å². The number of ether oxygens (including phenoxy) is 6. The average Bonchev–Trinajstić information content (AvgIpc) is 4.16. The van der Waals surface area contributed by atoms with Gasteiger partial charge < -0.3 is 33.5 Å². The summed E-state index contributed by atoms with van der Waals surface area (Å²) in [6.45, 7) is 31.0. The first-order valence-electron chi connectivity index (χ1n) is 28.2. The molecule has 72 heavy (non-hydrogen) atoms. The summed E-state index contributed by atoms with van der Waals surface area (Å²) in [4.78, 5) is 71.4. The number of rotatable bonds is 13. The van der Waals surface area contributed by atoms with E-state index in [4.69, 9.17) is 28.4 Å². The van der Waals surface area contributed by atoms with Crippen LogP contribution in [-0.4, -0.2) is 81.6 Å². The second-order valence-corrected chi connectivity index (χ2v) is 27.6. The Balaban J connectivity index is 0.000000159. The fourth-order valence-corrected chi connectivity index (χ4v) is 14.4. The third kappa shape index (κ3) is 11.9. The van der Waals surface area contributed by atoms with Gasteiger partial charge in [-0.3, -0.25) is 19.2 Å². The van der Waals surface area contributed by atoms with Crippen LogP contribution < -0.4 is 0 Å². The maximum Gasteiger partial charge on any atom is 0.351 e. The minimum absolute atomic E-state index is 0.0455. The van der Waals surface area contributed by atoms with Crippen LogP contribution in [-0.2, 0) is 57.2 Å². The molecule has 10 rings (SSSR count). The third-order valence-electron chi connectivity index (χ3n) is 19.8. The fourth-order valence-electron chi connectivity index (χ4n) is 14.4. The summed E-state index contributed by atoms with van der Waals surface area (Å²) in [6.07, 6.45) is 16.8. The van der Waals surface area contributed by atoms with E-state index in [9.17, 15) is 33.9 Å². The minimum atomic E-state index is -1.15. The maximum atomic E-state index is 12.7. The Bertz CT molecular complexity index is 2020. The fraction of sp³-hybridized carbons (Fsp3) is 0.898. The Morgan fingerprint density at radius 1 is 0.597 bits per heavy atom. The van der Waals surface area contributed by atoms with Crippen molar-refractivity contribution < 1.29 is 62.3 Å². The number of aliphatic hydroxyl groups is 1. The molecule has 8 saturated carbocycles. The molecule has 8 bridgehead atoms. The summed E-state index contributed by atoms with van der Waals surface area (Å²) < 4.78 is 32.6. The SMILES string of the molecule is CCC(C)(C)C(=O)OC1(C)CC(C)(C)OC1=O.CCC(C)(C)C(=O)OC1(CC)CC2CC1C1C3CCC(C3)C21.CCC(C)(C)C(=O)OC12CC3CC(CC(O)(C3)C1)C2.CCC(C)(C)C(=O)OC1CCOC1=O. The Morgan fingerprint density at radius 3 is 1.56 bits per heavy atom. The molecular formula is C59H96O13. The zero-order valence-electron chi connectivity index (χ0n) is 47.5. The monoisotopic (exact) mass is 1010 g/mol. The summed E-state index contributed by atoms with van der Waals surface area (Å²) in [5, 5.41) is 10.6. The molecule has 10 aliphatic rings. The van der Waals surface area contributed by atoms with Gasteiger partial charge in [0.25, 0.3) is 0 Å². The zero-order chi connectivity index (χ0) is 53.8. The summed E-state index contributed by atoms with van der Waals surface area (Å²) in [5.41, 5.74) is -4.60. The predicted octanol–water partition coefficient (Wildman–Crippen LogP) is 11.6. The lowest BCUT2D eigenvalue weighted by Gasteiger charge is -2.59. The minimum Gasteiger partial charge on any atom is -0.463 e. The van der Waals surface area contributed by atoms with Crippen molar-refractivity contribution >= 4 is 35.8 Å². The largest absolute Gasteiger partial charge is 0.463 e. The van der Waals surface area contributed by atoms with Crippen LogP contribution in [0.3, 0.4) is 0 Å². The van der Waals surface area contributed by atoms with E-state index in [1.807, 2.05) is 76.2 Å². The smallest absolute Gasteiger partial charge is 0.351 e. The van der Waals surface area contributed by atoms with Crippen LogP contribution in [0.4, 0.5) is 0 Å². The van der Waals surface area contributed by atoms with Crippen molar-refractivity contribution in [1.29, 1.82) is 0 Å². The van der Waals surface area contributed by atoms with Gasteiger partial charge in [-0.05, 0) is 214 Å². The van der Waals surface area contributed by atoms with Crippen LogP contribution in [0.5, 0.6) is 0 Å². The summed E-state index contributed by atoms with van der Waals surface area (Å²) in [6, 6.07) is 0. The van der Waals surface area contributed by atoms with Gasteiger partial charge in [0, 0.05) is 25.2 Å². The van der Waals surface area contributed by atoms with Gasteiger partial charge in [-0.2, -0.15) is 0 Å². The van der Waals surface area contributed by atoms with Crippen molar-refractivity contribution in [3.63, 3.8) is 0 Å². The molecular weight excluding hydrogens is 917 g/mol. The van der Waals surface area contributed by atoms with Gasteiger partial charge in [0.2, 0.25) is 11.7 Å². The van der Waals surface area contributed by atoms with Crippen molar-refractivity contribution in [1.82, 2.24) is 0 Å². The summed E-state index contributed by atoms with van der Waals surface area (Å²) in [5.74, 6) is 4.88. The first-order valence-corrected chi connectivity index (χ1v) is 28.2. The molecule has 0 aromatic heterocycles. The lowest BCUT2D eigenvalue weighted by molar-refractivity contribution is -0.225. The number of esters is 6. The number of hydrogen-bond acceptors (Lipinski definition) is 13. The molecule has 2 saturated heterocycles. The van der Waals surface area contributed by atoms with Gasteiger partial charge in [0.1, 0.15) is 16.8 Å². The third-order valence-corrected chi connectivity index (χ3v) is 19.8. The molecule has 0 aromatic rings. The van der Waals surface area contributed by atoms with E-state index in [1.54, 1.807) is 20.8 Å². The highest BCUT2D eigenvalue weighted by Crippen LogP contribution is 2.71. The number of hydrogen-bond donors (Lipinski definition) is 1. The number of fused-ring (bicyclic) bond motifs is 9. The van der Waals surface area contributed by atoms with E-state index in [2.05, 4.69) is 13.8 Å². The quantitative estimate of drug-likeness (QED) is 0.105. The summed E-state index contributed by atoms with van der Waals surface area (Å²) >= 11 is 0. The van der Waals surface area contributed by atoms with E-state index in [1.165, 1.54) is 32.1 Å². The van der Waals surface area contributed by atoms with Crippen molar-refractivity contribution in [3.8, 4) is 0 Å².